The van der Waals surface area contributed by atoms with Crippen molar-refractivity contribution in [3.05, 3.63) is 48.5 Å². The first-order valence-electron chi connectivity index (χ1n) is 9.59. The van der Waals surface area contributed by atoms with Crippen molar-refractivity contribution in [1.29, 1.82) is 0 Å². The van der Waals surface area contributed by atoms with Gasteiger partial charge in [0.15, 0.2) is 6.61 Å². The predicted molar refractivity (Wildman–Crippen MR) is 109 cm³/mol. The summed E-state index contributed by atoms with van der Waals surface area (Å²) in [6.45, 7) is 1.08. The average molecular weight is 398 g/mol. The van der Waals surface area contributed by atoms with Crippen molar-refractivity contribution in [2.75, 3.05) is 39.2 Å². The maximum absolute atomic E-state index is 12.7. The van der Waals surface area contributed by atoms with E-state index in [1.54, 1.807) is 37.3 Å². The summed E-state index contributed by atoms with van der Waals surface area (Å²) in [7, 11) is 3.12. The van der Waals surface area contributed by atoms with Crippen molar-refractivity contribution >= 4 is 17.5 Å². The molecule has 0 radical (unpaired) electrons. The number of anilines is 1. The van der Waals surface area contributed by atoms with Crippen LogP contribution >= 0.6 is 0 Å². The monoisotopic (exact) mass is 398 g/mol. The second-order valence-corrected chi connectivity index (χ2v) is 6.81. The first kappa shape index (κ1) is 20.5. The zero-order valence-electron chi connectivity index (χ0n) is 16.7. The number of piperidine rings is 1. The van der Waals surface area contributed by atoms with Gasteiger partial charge in [-0.05, 0) is 37.1 Å². The Morgan fingerprint density at radius 2 is 1.72 bits per heavy atom. The van der Waals surface area contributed by atoms with Gasteiger partial charge >= 0.3 is 0 Å². The fraction of sp³-hybridized carbons (Fsp3) is 0.364. The molecule has 1 fully saturated rings. The number of hydrogen-bond donors (Lipinski definition) is 1. The smallest absolute Gasteiger partial charge is 0.260 e. The molecule has 1 aliphatic rings. The first-order chi connectivity index (χ1) is 14.1. The minimum Gasteiger partial charge on any atom is -0.497 e. The summed E-state index contributed by atoms with van der Waals surface area (Å²) in [5.41, 5.74) is 0.605. The zero-order valence-corrected chi connectivity index (χ0v) is 16.7. The van der Waals surface area contributed by atoms with Gasteiger partial charge in [-0.2, -0.15) is 0 Å². The summed E-state index contributed by atoms with van der Waals surface area (Å²) >= 11 is 0. The van der Waals surface area contributed by atoms with Crippen LogP contribution in [0, 0.1) is 5.92 Å². The molecule has 0 unspecified atom stereocenters. The molecular formula is C22H26N2O5. The number of benzene rings is 2. The Morgan fingerprint density at radius 3 is 2.38 bits per heavy atom. The molecule has 2 aromatic carbocycles. The Balaban J connectivity index is 1.48. The summed E-state index contributed by atoms with van der Waals surface area (Å²) in [4.78, 5) is 26.8. The Morgan fingerprint density at radius 1 is 1.00 bits per heavy atom. The summed E-state index contributed by atoms with van der Waals surface area (Å²) in [6.07, 6.45) is 1.22. The Bertz CT molecular complexity index is 832. The van der Waals surface area contributed by atoms with E-state index in [9.17, 15) is 9.59 Å². The van der Waals surface area contributed by atoms with Crippen LogP contribution in [0.1, 0.15) is 12.8 Å². The van der Waals surface area contributed by atoms with Gasteiger partial charge in [-0.3, -0.25) is 9.59 Å². The fourth-order valence-electron chi connectivity index (χ4n) is 3.28. The molecule has 3 rings (SSSR count). The standard InChI is InChI=1S/C22H26N2O5/c1-27-18-8-9-19(20(14-18)28-2)23-22(26)16-10-12-24(13-11-16)21(25)15-29-17-6-4-3-5-7-17/h3-9,14,16H,10-13,15H2,1-2H3,(H,23,26). The topological polar surface area (TPSA) is 77.1 Å². The van der Waals surface area contributed by atoms with Crippen molar-refractivity contribution in [2.45, 2.75) is 12.8 Å². The molecule has 2 aromatic rings. The van der Waals surface area contributed by atoms with Crippen LogP contribution < -0.4 is 19.5 Å². The Kier molecular flexibility index (Phi) is 6.94. The normalized spacial score (nSPS) is 14.2. The molecule has 0 spiro atoms. The van der Waals surface area contributed by atoms with Crippen LogP contribution in [0.4, 0.5) is 5.69 Å². The van der Waals surface area contributed by atoms with E-state index in [-0.39, 0.29) is 24.3 Å². The van der Waals surface area contributed by atoms with E-state index in [1.807, 2.05) is 30.3 Å². The van der Waals surface area contributed by atoms with Gasteiger partial charge in [0, 0.05) is 25.1 Å². The predicted octanol–water partition coefficient (Wildman–Crippen LogP) is 2.96. The second kappa shape index (κ2) is 9.82. The molecule has 0 saturated carbocycles. The lowest BCUT2D eigenvalue weighted by Crippen LogP contribution is -2.43. The van der Waals surface area contributed by atoms with Gasteiger partial charge in [-0.25, -0.2) is 0 Å². The lowest BCUT2D eigenvalue weighted by Gasteiger charge is -2.31. The number of carbonyl (C=O) groups excluding carboxylic acids is 2. The largest absolute Gasteiger partial charge is 0.497 e. The number of hydrogen-bond acceptors (Lipinski definition) is 5. The number of carbonyl (C=O) groups is 2. The van der Waals surface area contributed by atoms with Crippen molar-refractivity contribution in [3.63, 3.8) is 0 Å². The Hall–Kier alpha value is -3.22. The van der Waals surface area contributed by atoms with E-state index in [0.717, 1.165) is 0 Å². The third-order valence-corrected chi connectivity index (χ3v) is 4.99. The molecule has 0 aliphatic carbocycles. The zero-order chi connectivity index (χ0) is 20.6. The Labute approximate surface area is 170 Å². The van der Waals surface area contributed by atoms with E-state index in [2.05, 4.69) is 5.32 Å². The maximum atomic E-state index is 12.7. The van der Waals surface area contributed by atoms with E-state index in [4.69, 9.17) is 14.2 Å². The molecule has 7 nitrogen and oxygen atoms in total. The number of amides is 2. The van der Waals surface area contributed by atoms with Crippen LogP contribution in [-0.4, -0.2) is 50.6 Å². The van der Waals surface area contributed by atoms with Crippen LogP contribution in [0.3, 0.4) is 0 Å². The molecule has 1 saturated heterocycles. The quantitative estimate of drug-likeness (QED) is 0.776. The first-order valence-corrected chi connectivity index (χ1v) is 9.59. The molecule has 29 heavy (non-hydrogen) atoms. The van der Waals surface area contributed by atoms with Crippen LogP contribution in [0.15, 0.2) is 48.5 Å². The average Bonchev–Trinajstić information content (AvgIpc) is 2.78. The van der Waals surface area contributed by atoms with Gasteiger partial charge in [0.25, 0.3) is 5.91 Å². The van der Waals surface area contributed by atoms with Crippen LogP contribution in [0.25, 0.3) is 0 Å². The van der Waals surface area contributed by atoms with E-state index >= 15 is 0 Å². The number of nitrogens with one attached hydrogen (secondary N) is 1. The van der Waals surface area contributed by atoms with Crippen molar-refractivity contribution in [1.82, 2.24) is 4.90 Å². The number of rotatable bonds is 7. The molecule has 7 heteroatoms. The van der Waals surface area contributed by atoms with Crippen molar-refractivity contribution in [2.24, 2.45) is 5.92 Å². The molecule has 1 N–H and O–H groups in total. The lowest BCUT2D eigenvalue weighted by atomic mass is 9.95. The molecule has 0 atom stereocenters. The summed E-state index contributed by atoms with van der Waals surface area (Å²) in [5, 5.41) is 2.93. The van der Waals surface area contributed by atoms with Gasteiger partial charge in [0.05, 0.1) is 19.9 Å². The number of nitrogens with zero attached hydrogens (tertiary/aromatic N) is 1. The minimum absolute atomic E-state index is 0.00389. The third kappa shape index (κ3) is 5.40. The van der Waals surface area contributed by atoms with E-state index in [1.165, 1.54) is 0 Å². The second-order valence-electron chi connectivity index (χ2n) is 6.81. The SMILES string of the molecule is COc1ccc(NC(=O)C2CCN(C(=O)COc3ccccc3)CC2)c(OC)c1. The van der Waals surface area contributed by atoms with Crippen LogP contribution in [0.2, 0.25) is 0 Å². The fourth-order valence-corrected chi connectivity index (χ4v) is 3.28. The molecule has 2 amide bonds. The van der Waals surface area contributed by atoms with Crippen LogP contribution in [-0.2, 0) is 9.59 Å². The number of para-hydroxylation sites is 1. The van der Waals surface area contributed by atoms with Crippen molar-refractivity contribution in [3.8, 4) is 17.2 Å². The van der Waals surface area contributed by atoms with Crippen LogP contribution in [0.5, 0.6) is 17.2 Å². The highest BCUT2D eigenvalue weighted by molar-refractivity contribution is 5.94. The van der Waals surface area contributed by atoms with Gasteiger partial charge in [0.1, 0.15) is 17.2 Å². The molecule has 154 valence electrons. The highest BCUT2D eigenvalue weighted by Gasteiger charge is 2.28. The molecule has 0 bridgehead atoms. The summed E-state index contributed by atoms with van der Waals surface area (Å²) in [5.74, 6) is 1.59. The molecule has 1 aliphatic heterocycles. The summed E-state index contributed by atoms with van der Waals surface area (Å²) < 4.78 is 16.0. The molecule has 0 aromatic heterocycles. The lowest BCUT2D eigenvalue weighted by molar-refractivity contribution is -0.136. The molecular weight excluding hydrogens is 372 g/mol. The number of ether oxygens (including phenoxy) is 3. The number of likely N-dealkylation sites (tertiary alicyclic amines) is 1. The maximum Gasteiger partial charge on any atom is 0.260 e. The highest BCUT2D eigenvalue weighted by Crippen LogP contribution is 2.30. The summed E-state index contributed by atoms with van der Waals surface area (Å²) in [6, 6.07) is 14.5. The highest BCUT2D eigenvalue weighted by atomic mass is 16.5. The third-order valence-electron chi connectivity index (χ3n) is 4.99. The van der Waals surface area contributed by atoms with E-state index < -0.39 is 0 Å². The van der Waals surface area contributed by atoms with Gasteiger partial charge < -0.3 is 24.4 Å². The molecule has 1 heterocycles. The van der Waals surface area contributed by atoms with Gasteiger partial charge in [-0.15, -0.1) is 0 Å². The van der Waals surface area contributed by atoms with Crippen molar-refractivity contribution < 1.29 is 23.8 Å². The van der Waals surface area contributed by atoms with Gasteiger partial charge in [0.2, 0.25) is 5.91 Å². The minimum atomic E-state index is -0.152. The van der Waals surface area contributed by atoms with Gasteiger partial charge in [-0.1, -0.05) is 18.2 Å². The number of methoxy groups -OCH3 is 2. The van der Waals surface area contributed by atoms with E-state index in [0.29, 0.717) is 48.9 Å².